The second-order valence-electron chi connectivity index (χ2n) is 8.85. The van der Waals surface area contributed by atoms with Crippen molar-refractivity contribution in [3.8, 4) is 17.0 Å². The molecule has 1 aliphatic rings. The third-order valence-corrected chi connectivity index (χ3v) is 5.95. The van der Waals surface area contributed by atoms with Crippen molar-refractivity contribution in [3.05, 3.63) is 71.2 Å². The normalized spacial score (nSPS) is 15.0. The zero-order valence-electron chi connectivity index (χ0n) is 20.6. The molecule has 2 N–H and O–H groups in total. The van der Waals surface area contributed by atoms with E-state index >= 15 is 0 Å². The van der Waals surface area contributed by atoms with E-state index in [-0.39, 0.29) is 35.4 Å². The van der Waals surface area contributed by atoms with Crippen molar-refractivity contribution >= 4 is 23.3 Å². The van der Waals surface area contributed by atoms with Crippen LogP contribution in [0.4, 0.5) is 14.6 Å². The lowest BCUT2D eigenvalue weighted by Crippen LogP contribution is -2.25. The number of imidazole rings is 1. The van der Waals surface area contributed by atoms with Crippen LogP contribution in [0.5, 0.6) is 5.75 Å². The number of rotatable bonds is 7. The number of hydrogen-bond donors (Lipinski definition) is 2. The summed E-state index contributed by atoms with van der Waals surface area (Å²) in [5.41, 5.74) is 2.53. The van der Waals surface area contributed by atoms with Crippen molar-refractivity contribution in [1.82, 2.24) is 24.9 Å². The number of halogens is 2. The molecule has 4 aromatic rings. The van der Waals surface area contributed by atoms with Gasteiger partial charge in [0.25, 0.3) is 5.91 Å². The van der Waals surface area contributed by atoms with Crippen molar-refractivity contribution in [2.75, 3.05) is 18.5 Å². The van der Waals surface area contributed by atoms with Crippen LogP contribution in [-0.2, 0) is 16.1 Å². The number of pyridine rings is 1. The molecule has 0 unspecified atom stereocenters. The van der Waals surface area contributed by atoms with Crippen LogP contribution in [0, 0.1) is 18.6 Å². The highest BCUT2D eigenvalue weighted by Gasteiger charge is 2.22. The van der Waals surface area contributed by atoms with Gasteiger partial charge in [-0.2, -0.15) is 5.10 Å². The lowest BCUT2D eigenvalue weighted by atomic mass is 10.1. The Kier molecular flexibility index (Phi) is 6.97. The van der Waals surface area contributed by atoms with E-state index in [1.54, 1.807) is 37.5 Å². The molecular weight excluding hydrogens is 498 g/mol. The van der Waals surface area contributed by atoms with Gasteiger partial charge in [-0.05, 0) is 31.2 Å². The number of benzene rings is 1. The molecule has 1 aliphatic heterocycles. The Bertz CT molecular complexity index is 1530. The molecule has 5 rings (SSSR count). The average molecular weight is 523 g/mol. The van der Waals surface area contributed by atoms with E-state index in [4.69, 9.17) is 9.47 Å². The molecule has 196 valence electrons. The Morgan fingerprint density at radius 1 is 1.24 bits per heavy atom. The molecule has 1 fully saturated rings. The van der Waals surface area contributed by atoms with Crippen molar-refractivity contribution in [2.24, 2.45) is 0 Å². The summed E-state index contributed by atoms with van der Waals surface area (Å²) in [7, 11) is 0. The Balaban J connectivity index is 1.36. The van der Waals surface area contributed by atoms with Crippen LogP contribution in [-0.4, -0.2) is 50.7 Å². The van der Waals surface area contributed by atoms with Crippen LogP contribution in [0.2, 0.25) is 0 Å². The first-order valence-electron chi connectivity index (χ1n) is 11.9. The molecule has 38 heavy (non-hydrogen) atoms. The number of fused-ring (bicyclic) bond motifs is 1. The molecular formula is C26H24F2N6O4. The minimum atomic E-state index is -0.844. The number of aromatic nitrogens is 4. The van der Waals surface area contributed by atoms with Gasteiger partial charge in [0.15, 0.2) is 23.0 Å². The Labute approximate surface area is 216 Å². The van der Waals surface area contributed by atoms with E-state index in [9.17, 15) is 18.4 Å². The fraction of sp³-hybridized carbons (Fsp3) is 0.269. The second kappa shape index (κ2) is 10.5. The highest BCUT2D eigenvalue weighted by Crippen LogP contribution is 2.27. The number of carbonyl (C=O) groups is 2. The molecule has 1 atom stereocenters. The van der Waals surface area contributed by atoms with Crippen LogP contribution < -0.4 is 15.4 Å². The van der Waals surface area contributed by atoms with Gasteiger partial charge >= 0.3 is 0 Å². The van der Waals surface area contributed by atoms with Crippen molar-refractivity contribution in [3.63, 3.8) is 0 Å². The summed E-state index contributed by atoms with van der Waals surface area (Å²) in [5.74, 6) is -2.09. The smallest absolute Gasteiger partial charge is 0.253 e. The molecule has 1 aromatic carbocycles. The van der Waals surface area contributed by atoms with Gasteiger partial charge in [-0.15, -0.1) is 0 Å². The summed E-state index contributed by atoms with van der Waals surface area (Å²) in [5, 5.41) is 9.81. The first-order chi connectivity index (χ1) is 18.3. The molecule has 0 radical (unpaired) electrons. The predicted octanol–water partition coefficient (Wildman–Crippen LogP) is 3.43. The average Bonchev–Trinajstić information content (AvgIpc) is 3.53. The maximum atomic E-state index is 14.5. The van der Waals surface area contributed by atoms with Crippen molar-refractivity contribution in [2.45, 2.75) is 32.9 Å². The fourth-order valence-electron chi connectivity index (χ4n) is 4.10. The van der Waals surface area contributed by atoms with Gasteiger partial charge in [-0.1, -0.05) is 0 Å². The molecule has 3 aromatic heterocycles. The molecule has 2 amide bonds. The van der Waals surface area contributed by atoms with E-state index in [1.165, 1.54) is 11.4 Å². The first-order valence-corrected chi connectivity index (χ1v) is 11.9. The molecule has 1 saturated heterocycles. The van der Waals surface area contributed by atoms with Gasteiger partial charge in [0, 0.05) is 43.3 Å². The summed E-state index contributed by atoms with van der Waals surface area (Å²) in [4.78, 5) is 33.0. The SMILES string of the molecule is CC(=O)Nc1cn2nc(-c3cnc(C)c(C(=O)NCc4cc(F)cc(F)c4O[C@H]4CCOC4)c3)ccc2n1. The largest absolute Gasteiger partial charge is 0.484 e. The Hall–Kier alpha value is -4.45. The molecule has 0 saturated carbocycles. The topological polar surface area (TPSA) is 120 Å². The van der Waals surface area contributed by atoms with E-state index in [2.05, 4.69) is 25.7 Å². The van der Waals surface area contributed by atoms with Gasteiger partial charge in [0.05, 0.1) is 36.4 Å². The number of carbonyl (C=O) groups excluding carboxylic acids is 2. The number of amides is 2. The van der Waals surface area contributed by atoms with Crippen LogP contribution in [0.15, 0.2) is 42.7 Å². The zero-order chi connectivity index (χ0) is 26.8. The van der Waals surface area contributed by atoms with Crippen LogP contribution >= 0.6 is 0 Å². The first kappa shape index (κ1) is 25.2. The Morgan fingerprint density at radius 3 is 2.84 bits per heavy atom. The lowest BCUT2D eigenvalue weighted by molar-refractivity contribution is -0.114. The third-order valence-electron chi connectivity index (χ3n) is 5.95. The zero-order valence-corrected chi connectivity index (χ0v) is 20.6. The molecule has 0 bridgehead atoms. The number of aryl methyl sites for hydroxylation is 1. The van der Waals surface area contributed by atoms with Crippen LogP contribution in [0.25, 0.3) is 16.9 Å². The minimum absolute atomic E-state index is 0.109. The molecule has 12 heteroatoms. The summed E-state index contributed by atoms with van der Waals surface area (Å²) in [6.07, 6.45) is 3.41. The molecule has 4 heterocycles. The maximum Gasteiger partial charge on any atom is 0.253 e. The number of nitrogens with zero attached hydrogens (tertiary/aromatic N) is 4. The molecule has 0 spiro atoms. The van der Waals surface area contributed by atoms with Gasteiger partial charge in [0.2, 0.25) is 5.91 Å². The van der Waals surface area contributed by atoms with Crippen molar-refractivity contribution in [1.29, 1.82) is 0 Å². The lowest BCUT2D eigenvalue weighted by Gasteiger charge is -2.17. The number of hydrogen-bond acceptors (Lipinski definition) is 7. The summed E-state index contributed by atoms with van der Waals surface area (Å²) in [6, 6.07) is 6.96. The fourth-order valence-corrected chi connectivity index (χ4v) is 4.10. The predicted molar refractivity (Wildman–Crippen MR) is 133 cm³/mol. The quantitative estimate of drug-likeness (QED) is 0.382. The van der Waals surface area contributed by atoms with Crippen molar-refractivity contribution < 1.29 is 27.8 Å². The summed E-state index contributed by atoms with van der Waals surface area (Å²) < 4.78 is 41.0. The molecule has 10 nitrogen and oxygen atoms in total. The van der Waals surface area contributed by atoms with Crippen LogP contribution in [0.1, 0.15) is 35.0 Å². The number of ether oxygens (including phenoxy) is 2. The monoisotopic (exact) mass is 522 g/mol. The van der Waals surface area contributed by atoms with E-state index in [0.29, 0.717) is 48.1 Å². The van der Waals surface area contributed by atoms with Gasteiger partial charge in [-0.3, -0.25) is 14.6 Å². The third kappa shape index (κ3) is 5.44. The maximum absolute atomic E-state index is 14.5. The van der Waals surface area contributed by atoms with Gasteiger partial charge in [0.1, 0.15) is 11.9 Å². The Morgan fingerprint density at radius 2 is 2.08 bits per heavy atom. The standard InChI is InChI=1S/C26H24F2N6O4/c1-14-20(8-16(10-29-14)22-3-4-24-32-23(31-15(2)35)12-34(24)33-22)26(36)30-11-17-7-18(27)9-21(28)25(17)38-19-5-6-37-13-19/h3-4,7-10,12,19H,5-6,11,13H2,1-2H3,(H,30,36)(H,31,35)/t19-/m0/s1. The molecule has 0 aliphatic carbocycles. The highest BCUT2D eigenvalue weighted by atomic mass is 19.1. The van der Waals surface area contributed by atoms with E-state index < -0.39 is 17.5 Å². The number of anilines is 1. The number of nitrogens with one attached hydrogen (secondary N) is 2. The van der Waals surface area contributed by atoms with E-state index in [1.807, 2.05) is 0 Å². The van der Waals surface area contributed by atoms with Gasteiger partial charge in [-0.25, -0.2) is 18.3 Å². The summed E-state index contributed by atoms with van der Waals surface area (Å²) in [6.45, 7) is 3.72. The van der Waals surface area contributed by atoms with E-state index in [0.717, 1.165) is 12.1 Å². The second-order valence-corrected chi connectivity index (χ2v) is 8.85. The van der Waals surface area contributed by atoms with Gasteiger partial charge < -0.3 is 20.1 Å². The minimum Gasteiger partial charge on any atom is -0.484 e. The highest BCUT2D eigenvalue weighted by molar-refractivity contribution is 5.96. The van der Waals surface area contributed by atoms with Crippen LogP contribution in [0.3, 0.4) is 0 Å². The summed E-state index contributed by atoms with van der Waals surface area (Å²) >= 11 is 0.